The Morgan fingerprint density at radius 3 is 2.65 bits per heavy atom. The Morgan fingerprint density at radius 2 is 2.00 bits per heavy atom. The van der Waals surface area contributed by atoms with Gasteiger partial charge >= 0.3 is 0 Å². The third-order valence-corrected chi connectivity index (χ3v) is 2.97. The summed E-state index contributed by atoms with van der Waals surface area (Å²) in [6.45, 7) is 0.661. The summed E-state index contributed by atoms with van der Waals surface area (Å²) >= 11 is 9.36. The minimum atomic E-state index is 0.592. The highest BCUT2D eigenvalue weighted by Gasteiger charge is 2.02. The van der Waals surface area contributed by atoms with Gasteiger partial charge < -0.3 is 11.1 Å². The predicted octanol–water partition coefficient (Wildman–Crippen LogP) is 3.69. The molecule has 2 aromatic rings. The lowest BCUT2D eigenvalue weighted by atomic mass is 10.2. The molecule has 1 aromatic carbocycles. The summed E-state index contributed by atoms with van der Waals surface area (Å²) in [5.41, 5.74) is 7.50. The molecule has 0 atom stereocenters. The lowest BCUT2D eigenvalue weighted by Gasteiger charge is -2.07. The van der Waals surface area contributed by atoms with Crippen molar-refractivity contribution in [2.75, 3.05) is 11.1 Å². The van der Waals surface area contributed by atoms with Gasteiger partial charge in [-0.15, -0.1) is 0 Å². The summed E-state index contributed by atoms with van der Waals surface area (Å²) in [5, 5.41) is 3.76. The van der Waals surface area contributed by atoms with Crippen molar-refractivity contribution in [2.45, 2.75) is 6.54 Å². The molecule has 0 fully saturated rings. The number of nitrogen functional groups attached to an aromatic ring is 1. The molecule has 1 heterocycles. The van der Waals surface area contributed by atoms with E-state index in [2.05, 4.69) is 26.2 Å². The van der Waals surface area contributed by atoms with Gasteiger partial charge in [-0.05, 0) is 39.7 Å². The molecule has 2 rings (SSSR count). The number of rotatable bonds is 3. The van der Waals surface area contributed by atoms with Crippen LogP contribution >= 0.6 is 27.5 Å². The molecule has 17 heavy (non-hydrogen) atoms. The van der Waals surface area contributed by atoms with Crippen LogP contribution in [0, 0.1) is 0 Å². The van der Waals surface area contributed by atoms with E-state index < -0.39 is 0 Å². The Kier molecular flexibility index (Phi) is 3.86. The van der Waals surface area contributed by atoms with E-state index in [4.69, 9.17) is 17.3 Å². The van der Waals surface area contributed by atoms with E-state index in [0.717, 1.165) is 15.7 Å². The third kappa shape index (κ3) is 3.35. The van der Waals surface area contributed by atoms with Crippen LogP contribution in [0.15, 0.2) is 41.0 Å². The van der Waals surface area contributed by atoms with Crippen LogP contribution in [-0.4, -0.2) is 4.98 Å². The van der Waals surface area contributed by atoms with E-state index >= 15 is 0 Å². The van der Waals surface area contributed by atoms with Crippen LogP contribution in [0.4, 0.5) is 11.5 Å². The van der Waals surface area contributed by atoms with Gasteiger partial charge in [0.25, 0.3) is 0 Å². The summed E-state index contributed by atoms with van der Waals surface area (Å²) in [5.74, 6) is 0.673. The van der Waals surface area contributed by atoms with Crippen molar-refractivity contribution < 1.29 is 0 Å². The predicted molar refractivity (Wildman–Crippen MR) is 75.1 cm³/mol. The molecule has 88 valence electrons. The van der Waals surface area contributed by atoms with Crippen molar-refractivity contribution in [1.82, 2.24) is 4.98 Å². The number of aromatic nitrogens is 1. The Hall–Kier alpha value is -1.26. The average molecular weight is 313 g/mol. The fourth-order valence-electron chi connectivity index (χ4n) is 1.37. The molecule has 0 saturated carbocycles. The first-order chi connectivity index (χ1) is 8.15. The highest BCUT2D eigenvalue weighted by molar-refractivity contribution is 9.10. The molecule has 3 nitrogen and oxygen atoms in total. The van der Waals surface area contributed by atoms with Crippen molar-refractivity contribution in [3.8, 4) is 0 Å². The number of nitrogens with two attached hydrogens (primary N) is 1. The lowest BCUT2D eigenvalue weighted by Crippen LogP contribution is -2.02. The molecule has 3 N–H and O–H groups in total. The number of benzene rings is 1. The number of hydrogen-bond donors (Lipinski definition) is 2. The number of hydrogen-bond acceptors (Lipinski definition) is 3. The van der Waals surface area contributed by atoms with E-state index in [0.29, 0.717) is 17.4 Å². The van der Waals surface area contributed by atoms with Crippen LogP contribution < -0.4 is 11.1 Å². The van der Waals surface area contributed by atoms with Gasteiger partial charge in [0, 0.05) is 22.9 Å². The van der Waals surface area contributed by atoms with Crippen LogP contribution in [0.1, 0.15) is 5.56 Å². The molecule has 0 radical (unpaired) electrons. The summed E-state index contributed by atoms with van der Waals surface area (Å²) in [6.07, 6.45) is 1.71. The summed E-state index contributed by atoms with van der Waals surface area (Å²) in [4.78, 5) is 4.20. The maximum Gasteiger partial charge on any atom is 0.145 e. The van der Waals surface area contributed by atoms with Crippen molar-refractivity contribution in [3.63, 3.8) is 0 Å². The van der Waals surface area contributed by atoms with Gasteiger partial charge in [-0.2, -0.15) is 0 Å². The molecule has 0 amide bonds. The highest BCUT2D eigenvalue weighted by atomic mass is 79.9. The maximum absolute atomic E-state index is 6.05. The van der Waals surface area contributed by atoms with Gasteiger partial charge in [-0.1, -0.05) is 23.7 Å². The Labute approximate surface area is 113 Å². The zero-order valence-corrected chi connectivity index (χ0v) is 11.3. The van der Waals surface area contributed by atoms with E-state index in [1.54, 1.807) is 12.3 Å². The SMILES string of the molecule is Nc1ccc(CNc2ncc(Br)cc2Cl)cc1. The lowest BCUT2D eigenvalue weighted by molar-refractivity contribution is 1.11. The first-order valence-electron chi connectivity index (χ1n) is 5.04. The molecular weight excluding hydrogens is 302 g/mol. The smallest absolute Gasteiger partial charge is 0.145 e. The maximum atomic E-state index is 6.05. The number of anilines is 2. The zero-order chi connectivity index (χ0) is 12.3. The third-order valence-electron chi connectivity index (χ3n) is 2.25. The van der Waals surface area contributed by atoms with Crippen LogP contribution in [0.5, 0.6) is 0 Å². The van der Waals surface area contributed by atoms with Crippen molar-refractivity contribution >= 4 is 39.0 Å². The van der Waals surface area contributed by atoms with Crippen LogP contribution in [0.3, 0.4) is 0 Å². The van der Waals surface area contributed by atoms with Crippen LogP contribution in [0.2, 0.25) is 5.02 Å². The monoisotopic (exact) mass is 311 g/mol. The molecule has 0 saturated heterocycles. The largest absolute Gasteiger partial charge is 0.399 e. The number of nitrogens with zero attached hydrogens (tertiary/aromatic N) is 1. The fraction of sp³-hybridized carbons (Fsp3) is 0.0833. The van der Waals surface area contributed by atoms with Gasteiger partial charge in [0.1, 0.15) is 5.82 Å². The van der Waals surface area contributed by atoms with E-state index in [1.807, 2.05) is 24.3 Å². The minimum absolute atomic E-state index is 0.592. The fourth-order valence-corrected chi connectivity index (χ4v) is 2.06. The van der Waals surface area contributed by atoms with Gasteiger partial charge in [0.2, 0.25) is 0 Å². The van der Waals surface area contributed by atoms with Gasteiger partial charge in [-0.25, -0.2) is 4.98 Å². The zero-order valence-electron chi connectivity index (χ0n) is 8.95. The molecule has 1 aromatic heterocycles. The Balaban J connectivity index is 2.04. The topological polar surface area (TPSA) is 50.9 Å². The van der Waals surface area contributed by atoms with Crippen LogP contribution in [-0.2, 0) is 6.54 Å². The molecular formula is C12H11BrClN3. The van der Waals surface area contributed by atoms with E-state index in [-0.39, 0.29) is 0 Å². The molecule has 0 unspecified atom stereocenters. The van der Waals surface area contributed by atoms with E-state index in [1.165, 1.54) is 0 Å². The molecule has 5 heteroatoms. The van der Waals surface area contributed by atoms with Gasteiger partial charge in [0.15, 0.2) is 0 Å². The van der Waals surface area contributed by atoms with Gasteiger partial charge in [0.05, 0.1) is 5.02 Å². The summed E-state index contributed by atoms with van der Waals surface area (Å²) < 4.78 is 0.862. The first-order valence-corrected chi connectivity index (χ1v) is 6.21. The highest BCUT2D eigenvalue weighted by Crippen LogP contribution is 2.23. The van der Waals surface area contributed by atoms with Crippen LogP contribution in [0.25, 0.3) is 0 Å². The normalized spacial score (nSPS) is 10.2. The standard InChI is InChI=1S/C12H11BrClN3/c13-9-5-11(14)12(17-7-9)16-6-8-1-3-10(15)4-2-8/h1-5,7H,6,15H2,(H,16,17). The molecule has 0 aliphatic rings. The molecule has 0 aliphatic heterocycles. The Bertz CT molecular complexity index is 514. The van der Waals surface area contributed by atoms with Crippen molar-refractivity contribution in [3.05, 3.63) is 51.6 Å². The number of pyridine rings is 1. The van der Waals surface area contributed by atoms with Crippen molar-refractivity contribution in [1.29, 1.82) is 0 Å². The van der Waals surface area contributed by atoms with E-state index in [9.17, 15) is 0 Å². The second kappa shape index (κ2) is 5.38. The minimum Gasteiger partial charge on any atom is -0.399 e. The second-order valence-corrected chi connectivity index (χ2v) is 4.90. The average Bonchev–Trinajstić information content (AvgIpc) is 2.30. The van der Waals surface area contributed by atoms with Gasteiger partial charge in [-0.3, -0.25) is 0 Å². The first kappa shape index (κ1) is 12.2. The summed E-state index contributed by atoms with van der Waals surface area (Å²) in [7, 11) is 0. The molecule has 0 spiro atoms. The summed E-state index contributed by atoms with van der Waals surface area (Å²) in [6, 6.07) is 9.48. The quantitative estimate of drug-likeness (QED) is 0.850. The number of halogens is 2. The number of nitrogens with one attached hydrogen (secondary N) is 1. The Morgan fingerprint density at radius 1 is 1.29 bits per heavy atom. The van der Waals surface area contributed by atoms with Crippen molar-refractivity contribution in [2.24, 2.45) is 0 Å². The second-order valence-electron chi connectivity index (χ2n) is 3.58. The molecule has 0 aliphatic carbocycles. The molecule has 0 bridgehead atoms.